The van der Waals surface area contributed by atoms with Crippen LogP contribution in [0.1, 0.15) is 17.9 Å². The molecule has 0 saturated carbocycles. The largest absolute Gasteiger partial charge is 0.496 e. The number of ketones is 1. The van der Waals surface area contributed by atoms with E-state index in [1.165, 1.54) is 32.2 Å². The van der Waals surface area contributed by atoms with Crippen molar-refractivity contribution in [1.82, 2.24) is 0 Å². The van der Waals surface area contributed by atoms with Crippen molar-refractivity contribution in [3.8, 4) is 5.75 Å². The number of Topliss-reactive ketones (excluding diaryl/α,β-unsaturated/α-hetero) is 1. The molecule has 1 atom stereocenters. The van der Waals surface area contributed by atoms with E-state index in [-0.39, 0.29) is 28.0 Å². The van der Waals surface area contributed by atoms with Gasteiger partial charge in [0.25, 0.3) is 0 Å². The predicted octanol–water partition coefficient (Wildman–Crippen LogP) is 4.18. The summed E-state index contributed by atoms with van der Waals surface area (Å²) in [7, 11) is 1.31. The molecule has 1 unspecified atom stereocenters. The van der Waals surface area contributed by atoms with Gasteiger partial charge in [-0.05, 0) is 30.8 Å². The van der Waals surface area contributed by atoms with Crippen molar-refractivity contribution in [3.63, 3.8) is 0 Å². The van der Waals surface area contributed by atoms with Crippen LogP contribution >= 0.6 is 23.4 Å². The van der Waals surface area contributed by atoms with Crippen molar-refractivity contribution in [3.05, 3.63) is 23.8 Å². The number of methoxy groups -OCH3 is 1. The average molecular weight is 299 g/mol. The van der Waals surface area contributed by atoms with E-state index in [9.17, 15) is 18.0 Å². The zero-order valence-corrected chi connectivity index (χ0v) is 11.1. The van der Waals surface area contributed by atoms with Crippen LogP contribution in [0.3, 0.4) is 0 Å². The molecule has 0 amide bonds. The Kier molecular flexibility index (Phi) is 4.92. The van der Waals surface area contributed by atoms with Gasteiger partial charge in [0.2, 0.25) is 0 Å². The van der Waals surface area contributed by atoms with Crippen molar-refractivity contribution in [2.75, 3.05) is 7.11 Å². The Labute approximate surface area is 111 Å². The maximum Gasteiger partial charge on any atom is 0.446 e. The van der Waals surface area contributed by atoms with E-state index >= 15 is 0 Å². The van der Waals surface area contributed by atoms with E-state index in [0.717, 1.165) is 0 Å². The first kappa shape index (κ1) is 15.2. The Balaban J connectivity index is 3.29. The number of carbonyl (C=O) groups is 1. The van der Waals surface area contributed by atoms with Gasteiger partial charge in [0.1, 0.15) is 11.1 Å². The first-order valence-corrected chi connectivity index (χ1v) is 6.08. The average Bonchev–Trinajstić information content (AvgIpc) is 2.25. The Morgan fingerprint density at radius 3 is 2.50 bits per heavy atom. The fourth-order valence-electron chi connectivity index (χ4n) is 1.37. The number of ether oxygens (including phenoxy) is 1. The molecule has 0 aliphatic rings. The maximum atomic E-state index is 12.4. The molecule has 1 aromatic rings. The molecular formula is C11H10ClF3O2S. The molecule has 0 N–H and O–H groups in total. The number of rotatable bonds is 4. The summed E-state index contributed by atoms with van der Waals surface area (Å²) < 4.78 is 42.2. The van der Waals surface area contributed by atoms with Crippen LogP contribution in [-0.4, -0.2) is 18.4 Å². The lowest BCUT2D eigenvalue weighted by molar-refractivity contribution is -0.116. The summed E-state index contributed by atoms with van der Waals surface area (Å²) in [6.07, 6.45) is 0. The standard InChI is InChI=1S/C11H10ClF3O2S/c1-6(16)10(12)9-7(17-2)4-3-5-8(9)18-11(13,14)15/h3-5,10H,1-2H3. The predicted molar refractivity (Wildman–Crippen MR) is 64.2 cm³/mol. The highest BCUT2D eigenvalue weighted by Crippen LogP contribution is 2.44. The zero-order chi connectivity index (χ0) is 13.9. The first-order valence-electron chi connectivity index (χ1n) is 4.83. The van der Waals surface area contributed by atoms with Gasteiger partial charge in [0, 0.05) is 10.5 Å². The van der Waals surface area contributed by atoms with E-state index in [1.54, 1.807) is 0 Å². The minimum absolute atomic E-state index is 0.0523. The maximum absolute atomic E-state index is 12.4. The van der Waals surface area contributed by atoms with E-state index in [2.05, 4.69) is 0 Å². The smallest absolute Gasteiger partial charge is 0.446 e. The number of halogens is 4. The van der Waals surface area contributed by atoms with Crippen molar-refractivity contribution in [2.24, 2.45) is 0 Å². The summed E-state index contributed by atoms with van der Waals surface area (Å²) in [6.45, 7) is 1.21. The summed E-state index contributed by atoms with van der Waals surface area (Å²) in [5.74, 6) is -0.273. The highest BCUT2D eigenvalue weighted by atomic mass is 35.5. The third-order valence-electron chi connectivity index (χ3n) is 2.08. The number of alkyl halides is 4. The Hall–Kier alpha value is -0.880. The second-order valence-electron chi connectivity index (χ2n) is 3.39. The van der Waals surface area contributed by atoms with Gasteiger partial charge in [-0.25, -0.2) is 0 Å². The van der Waals surface area contributed by atoms with E-state index < -0.39 is 16.7 Å². The molecule has 0 aliphatic heterocycles. The fourth-order valence-corrected chi connectivity index (χ4v) is 2.38. The van der Waals surface area contributed by atoms with Gasteiger partial charge in [-0.3, -0.25) is 4.79 Å². The molecule has 0 radical (unpaired) electrons. The number of hydrogen-bond donors (Lipinski definition) is 0. The molecule has 0 fully saturated rings. The van der Waals surface area contributed by atoms with Crippen LogP contribution in [0.4, 0.5) is 13.2 Å². The normalized spacial score (nSPS) is 13.2. The molecule has 0 heterocycles. The van der Waals surface area contributed by atoms with Crippen molar-refractivity contribution in [2.45, 2.75) is 22.7 Å². The van der Waals surface area contributed by atoms with Gasteiger partial charge in [0.05, 0.1) is 7.11 Å². The molecule has 0 bridgehead atoms. The molecule has 2 nitrogen and oxygen atoms in total. The van der Waals surface area contributed by atoms with Gasteiger partial charge in [-0.1, -0.05) is 6.07 Å². The fraction of sp³-hybridized carbons (Fsp3) is 0.364. The minimum atomic E-state index is -4.45. The molecule has 0 aromatic heterocycles. The number of carbonyl (C=O) groups excluding carboxylic acids is 1. The highest BCUT2D eigenvalue weighted by Gasteiger charge is 2.33. The summed E-state index contributed by atoms with van der Waals surface area (Å²) in [4.78, 5) is 11.1. The van der Waals surface area contributed by atoms with Crippen molar-refractivity contribution in [1.29, 1.82) is 0 Å². The first-order chi connectivity index (χ1) is 8.26. The Morgan fingerprint density at radius 1 is 1.44 bits per heavy atom. The van der Waals surface area contributed by atoms with Crippen LogP contribution in [0.2, 0.25) is 0 Å². The van der Waals surface area contributed by atoms with E-state index in [4.69, 9.17) is 16.3 Å². The monoisotopic (exact) mass is 298 g/mol. The van der Waals surface area contributed by atoms with Crippen LogP contribution in [0.5, 0.6) is 5.75 Å². The number of benzene rings is 1. The third kappa shape index (κ3) is 3.81. The molecule has 0 aliphatic carbocycles. The lowest BCUT2D eigenvalue weighted by Crippen LogP contribution is -2.08. The SMILES string of the molecule is COc1cccc(SC(F)(F)F)c1C(Cl)C(C)=O. The van der Waals surface area contributed by atoms with Crippen molar-refractivity contribution >= 4 is 29.1 Å². The van der Waals surface area contributed by atoms with Gasteiger partial charge in [-0.15, -0.1) is 11.6 Å². The third-order valence-corrected chi connectivity index (χ3v) is 3.41. The van der Waals surface area contributed by atoms with Crippen LogP contribution in [0.25, 0.3) is 0 Å². The molecule has 1 rings (SSSR count). The molecule has 18 heavy (non-hydrogen) atoms. The summed E-state index contributed by atoms with van der Waals surface area (Å²) in [5, 5.41) is -1.16. The lowest BCUT2D eigenvalue weighted by atomic mass is 10.1. The zero-order valence-electron chi connectivity index (χ0n) is 9.55. The number of hydrogen-bond acceptors (Lipinski definition) is 3. The van der Waals surface area contributed by atoms with E-state index in [0.29, 0.717) is 0 Å². The quantitative estimate of drug-likeness (QED) is 0.616. The van der Waals surface area contributed by atoms with E-state index in [1.807, 2.05) is 0 Å². The molecule has 0 spiro atoms. The second kappa shape index (κ2) is 5.84. The molecular weight excluding hydrogens is 289 g/mol. The van der Waals surface area contributed by atoms with Crippen LogP contribution in [0.15, 0.2) is 23.1 Å². The van der Waals surface area contributed by atoms with Crippen LogP contribution in [0, 0.1) is 0 Å². The highest BCUT2D eigenvalue weighted by molar-refractivity contribution is 8.00. The van der Waals surface area contributed by atoms with Gasteiger partial charge >= 0.3 is 5.51 Å². The van der Waals surface area contributed by atoms with Crippen LogP contribution < -0.4 is 4.74 Å². The summed E-state index contributed by atoms with van der Waals surface area (Å²) in [5.41, 5.74) is -4.40. The lowest BCUT2D eigenvalue weighted by Gasteiger charge is -2.17. The topological polar surface area (TPSA) is 26.3 Å². The van der Waals surface area contributed by atoms with Gasteiger partial charge < -0.3 is 4.74 Å². The summed E-state index contributed by atoms with van der Waals surface area (Å²) in [6, 6.07) is 4.14. The molecule has 7 heteroatoms. The molecule has 100 valence electrons. The van der Waals surface area contributed by atoms with Crippen LogP contribution in [-0.2, 0) is 4.79 Å². The molecule has 1 aromatic carbocycles. The van der Waals surface area contributed by atoms with Gasteiger partial charge in [0.15, 0.2) is 5.78 Å². The minimum Gasteiger partial charge on any atom is -0.496 e. The van der Waals surface area contributed by atoms with Gasteiger partial charge in [-0.2, -0.15) is 13.2 Å². The number of thioether (sulfide) groups is 1. The van der Waals surface area contributed by atoms with Crippen molar-refractivity contribution < 1.29 is 22.7 Å². The second-order valence-corrected chi connectivity index (χ2v) is 4.94. The summed E-state index contributed by atoms with van der Waals surface area (Å²) >= 11 is 5.53. The molecule has 0 saturated heterocycles. The Bertz CT molecular complexity index is 448. The Morgan fingerprint density at radius 2 is 2.06 bits per heavy atom.